The molecule has 1 aromatic heterocycles. The molecular weight excluding hydrogens is 326 g/mol. The van der Waals surface area contributed by atoms with Crippen LogP contribution in [0.3, 0.4) is 0 Å². The summed E-state index contributed by atoms with van der Waals surface area (Å²) in [4.78, 5) is 17.4. The number of benzene rings is 2. The molecule has 1 N–H and O–H groups in total. The molecule has 1 atom stereocenters. The number of hydrogen-bond donors (Lipinski definition) is 1. The topological polar surface area (TPSA) is 56.2 Å². The van der Waals surface area contributed by atoms with Gasteiger partial charge in [0.15, 0.2) is 0 Å². The van der Waals surface area contributed by atoms with E-state index >= 15 is 0 Å². The molecule has 26 heavy (non-hydrogen) atoms. The van der Waals surface area contributed by atoms with Crippen LogP contribution in [0.15, 0.2) is 53.3 Å². The summed E-state index contributed by atoms with van der Waals surface area (Å²) in [5.74, 6) is 1.53. The van der Waals surface area contributed by atoms with Crippen molar-refractivity contribution >= 4 is 10.9 Å². The number of rotatable bonds is 3. The van der Waals surface area contributed by atoms with Gasteiger partial charge in [-0.05, 0) is 75.7 Å². The highest BCUT2D eigenvalue weighted by molar-refractivity contribution is 5.77. The van der Waals surface area contributed by atoms with Gasteiger partial charge < -0.3 is 10.1 Å². The first-order chi connectivity index (χ1) is 12.7. The zero-order valence-electron chi connectivity index (χ0n) is 14.9. The minimum atomic E-state index is -0.0448. The molecule has 1 fully saturated rings. The van der Waals surface area contributed by atoms with Crippen molar-refractivity contribution in [3.63, 3.8) is 0 Å². The second-order valence-corrected chi connectivity index (χ2v) is 6.73. The van der Waals surface area contributed by atoms with E-state index in [0.29, 0.717) is 11.2 Å². The molecule has 1 saturated heterocycles. The summed E-state index contributed by atoms with van der Waals surface area (Å²) < 4.78 is 7.77. The molecule has 4 rings (SSSR count). The molecule has 0 radical (unpaired) electrons. The van der Waals surface area contributed by atoms with Gasteiger partial charge in [0.1, 0.15) is 11.6 Å². The van der Waals surface area contributed by atoms with Crippen LogP contribution in [0.5, 0.6) is 5.75 Å². The van der Waals surface area contributed by atoms with E-state index in [-0.39, 0.29) is 11.7 Å². The van der Waals surface area contributed by atoms with Crippen LogP contribution in [0.25, 0.3) is 16.6 Å². The first kappa shape index (κ1) is 16.8. The number of nitrogens with one attached hydrogen (secondary N) is 1. The molecule has 2 aromatic carbocycles. The fourth-order valence-corrected chi connectivity index (χ4v) is 3.52. The lowest BCUT2D eigenvalue weighted by molar-refractivity contribution is 0.187. The molecule has 5 heteroatoms. The number of ether oxygens (including phenoxy) is 1. The Morgan fingerprint density at radius 2 is 1.88 bits per heavy atom. The highest BCUT2D eigenvalue weighted by Gasteiger charge is 2.14. The Kier molecular flexibility index (Phi) is 4.71. The van der Waals surface area contributed by atoms with Crippen LogP contribution in [0, 0.1) is 6.92 Å². The summed E-state index contributed by atoms with van der Waals surface area (Å²) >= 11 is 0. The summed E-state index contributed by atoms with van der Waals surface area (Å²) in [5.41, 5.74) is 1.49. The van der Waals surface area contributed by atoms with Crippen LogP contribution < -0.4 is 15.6 Å². The second-order valence-electron chi connectivity index (χ2n) is 6.73. The maximum Gasteiger partial charge on any atom is 0.265 e. The van der Waals surface area contributed by atoms with Crippen molar-refractivity contribution in [3.05, 3.63) is 64.7 Å². The van der Waals surface area contributed by atoms with Crippen molar-refractivity contribution in [2.45, 2.75) is 32.3 Å². The number of hydrogen-bond acceptors (Lipinski definition) is 4. The third-order valence-corrected chi connectivity index (χ3v) is 4.86. The van der Waals surface area contributed by atoms with Crippen molar-refractivity contribution in [2.24, 2.45) is 0 Å². The molecule has 0 spiro atoms. The number of aromatic nitrogens is 2. The summed E-state index contributed by atoms with van der Waals surface area (Å²) in [5, 5.41) is 4.02. The van der Waals surface area contributed by atoms with Gasteiger partial charge in [-0.15, -0.1) is 0 Å². The van der Waals surface area contributed by atoms with Gasteiger partial charge in [0, 0.05) is 0 Å². The maximum absolute atomic E-state index is 12.9. The van der Waals surface area contributed by atoms with Gasteiger partial charge in [-0.3, -0.25) is 9.36 Å². The van der Waals surface area contributed by atoms with Crippen LogP contribution in [0.2, 0.25) is 0 Å². The smallest absolute Gasteiger partial charge is 0.265 e. The predicted molar refractivity (Wildman–Crippen MR) is 103 cm³/mol. The zero-order valence-corrected chi connectivity index (χ0v) is 14.9. The second kappa shape index (κ2) is 7.30. The molecule has 134 valence electrons. The van der Waals surface area contributed by atoms with E-state index in [1.807, 2.05) is 55.5 Å². The Bertz CT molecular complexity index is 955. The van der Waals surface area contributed by atoms with Crippen LogP contribution in [0.1, 0.15) is 25.1 Å². The van der Waals surface area contributed by atoms with Crippen LogP contribution in [0.4, 0.5) is 0 Å². The third kappa shape index (κ3) is 3.35. The van der Waals surface area contributed by atoms with Crippen molar-refractivity contribution < 1.29 is 4.74 Å². The molecular formula is C21H23N3O2. The molecule has 1 aliphatic rings. The van der Waals surface area contributed by atoms with E-state index in [4.69, 9.17) is 4.74 Å². The third-order valence-electron chi connectivity index (χ3n) is 4.86. The van der Waals surface area contributed by atoms with Gasteiger partial charge in [0.25, 0.3) is 5.56 Å². The number of fused-ring (bicyclic) bond motifs is 1. The van der Waals surface area contributed by atoms with E-state index < -0.39 is 0 Å². The fourth-order valence-electron chi connectivity index (χ4n) is 3.52. The first-order valence-corrected chi connectivity index (χ1v) is 9.18. The summed E-state index contributed by atoms with van der Waals surface area (Å²) in [6.45, 7) is 3.92. The van der Waals surface area contributed by atoms with E-state index in [0.717, 1.165) is 49.3 Å². The largest absolute Gasteiger partial charge is 0.490 e. The molecule has 5 nitrogen and oxygen atoms in total. The van der Waals surface area contributed by atoms with Crippen LogP contribution >= 0.6 is 0 Å². The molecule has 2 heterocycles. The Balaban J connectivity index is 1.63. The summed E-state index contributed by atoms with van der Waals surface area (Å²) in [6, 6.07) is 15.2. The van der Waals surface area contributed by atoms with E-state index in [1.54, 1.807) is 4.57 Å². The highest BCUT2D eigenvalue weighted by Crippen LogP contribution is 2.20. The van der Waals surface area contributed by atoms with Crippen LogP contribution in [-0.2, 0) is 0 Å². The maximum atomic E-state index is 12.9. The molecule has 1 aliphatic heterocycles. The SMILES string of the molecule is Cc1nc2ccccc2c(=O)n1-c1ccc(OC2CCCNCC2)cc1. The van der Waals surface area contributed by atoms with Crippen molar-refractivity contribution in [3.8, 4) is 11.4 Å². The average Bonchev–Trinajstić information content (AvgIpc) is 2.92. The van der Waals surface area contributed by atoms with E-state index in [2.05, 4.69) is 10.3 Å². The number of aryl methyl sites for hydroxylation is 1. The van der Waals surface area contributed by atoms with Gasteiger partial charge >= 0.3 is 0 Å². The van der Waals surface area contributed by atoms with Crippen molar-refractivity contribution in [1.82, 2.24) is 14.9 Å². The normalized spacial score (nSPS) is 17.8. The number of nitrogens with zero attached hydrogens (tertiary/aromatic N) is 2. The van der Waals surface area contributed by atoms with Gasteiger partial charge in [-0.25, -0.2) is 4.98 Å². The first-order valence-electron chi connectivity index (χ1n) is 9.18. The lowest BCUT2D eigenvalue weighted by Crippen LogP contribution is -2.22. The van der Waals surface area contributed by atoms with E-state index in [1.165, 1.54) is 0 Å². The Morgan fingerprint density at radius 3 is 2.73 bits per heavy atom. The Morgan fingerprint density at radius 1 is 1.08 bits per heavy atom. The average molecular weight is 349 g/mol. The summed E-state index contributed by atoms with van der Waals surface area (Å²) in [7, 11) is 0. The lowest BCUT2D eigenvalue weighted by Gasteiger charge is -2.17. The molecule has 0 bridgehead atoms. The van der Waals surface area contributed by atoms with Crippen LogP contribution in [-0.4, -0.2) is 28.7 Å². The fraction of sp³-hybridized carbons (Fsp3) is 0.333. The zero-order chi connectivity index (χ0) is 17.9. The quantitative estimate of drug-likeness (QED) is 0.789. The molecule has 0 amide bonds. The predicted octanol–water partition coefficient (Wildman–Crippen LogP) is 3.22. The molecule has 0 aliphatic carbocycles. The van der Waals surface area contributed by atoms with Gasteiger partial charge in [0.2, 0.25) is 0 Å². The Hall–Kier alpha value is -2.66. The minimum absolute atomic E-state index is 0.0448. The molecule has 1 unspecified atom stereocenters. The standard InChI is InChI=1S/C21H23N3O2/c1-15-23-20-7-3-2-6-19(20)21(25)24(15)16-8-10-18(11-9-16)26-17-5-4-13-22-14-12-17/h2-3,6-11,17,22H,4-5,12-14H2,1H3. The van der Waals surface area contributed by atoms with Gasteiger partial charge in [-0.2, -0.15) is 0 Å². The highest BCUT2D eigenvalue weighted by atomic mass is 16.5. The molecule has 0 saturated carbocycles. The van der Waals surface area contributed by atoms with Crippen molar-refractivity contribution in [1.29, 1.82) is 0 Å². The monoisotopic (exact) mass is 349 g/mol. The lowest BCUT2D eigenvalue weighted by atomic mass is 10.1. The van der Waals surface area contributed by atoms with Gasteiger partial charge in [-0.1, -0.05) is 12.1 Å². The van der Waals surface area contributed by atoms with Gasteiger partial charge in [0.05, 0.1) is 22.7 Å². The summed E-state index contributed by atoms with van der Waals surface area (Å²) in [6.07, 6.45) is 3.49. The Labute approximate surface area is 152 Å². The van der Waals surface area contributed by atoms with Crippen molar-refractivity contribution in [2.75, 3.05) is 13.1 Å². The van der Waals surface area contributed by atoms with E-state index in [9.17, 15) is 4.79 Å². The minimum Gasteiger partial charge on any atom is -0.490 e. The molecule has 3 aromatic rings. The number of para-hydroxylation sites is 1.